The lowest BCUT2D eigenvalue weighted by Gasteiger charge is -2.42. The van der Waals surface area contributed by atoms with Crippen molar-refractivity contribution in [3.63, 3.8) is 0 Å². The maximum atomic E-state index is 13.1. The highest BCUT2D eigenvalue weighted by molar-refractivity contribution is 5.98. The molecule has 1 saturated carbocycles. The molecular formula is C21H26N4O3. The van der Waals surface area contributed by atoms with Crippen molar-refractivity contribution in [3.8, 4) is 0 Å². The fourth-order valence-corrected chi connectivity index (χ4v) is 4.43. The zero-order valence-corrected chi connectivity index (χ0v) is 16.4. The van der Waals surface area contributed by atoms with Crippen molar-refractivity contribution in [2.24, 2.45) is 5.92 Å². The van der Waals surface area contributed by atoms with Gasteiger partial charge in [0.2, 0.25) is 0 Å². The molecule has 0 spiro atoms. The quantitative estimate of drug-likeness (QED) is 0.830. The summed E-state index contributed by atoms with van der Waals surface area (Å²) in [6.45, 7) is 3.91. The Labute approximate surface area is 164 Å². The number of amides is 2. The van der Waals surface area contributed by atoms with E-state index in [-0.39, 0.29) is 41.6 Å². The molecule has 1 fully saturated rings. The molecule has 2 N–H and O–H groups in total. The van der Waals surface area contributed by atoms with Crippen molar-refractivity contribution in [2.45, 2.75) is 50.9 Å². The number of fused-ring (bicyclic) bond motifs is 4. The first-order valence-electron chi connectivity index (χ1n) is 9.77. The summed E-state index contributed by atoms with van der Waals surface area (Å²) in [5.41, 5.74) is 1.61. The Kier molecular flexibility index (Phi) is 4.71. The van der Waals surface area contributed by atoms with Crippen LogP contribution in [0.25, 0.3) is 0 Å². The van der Waals surface area contributed by atoms with Crippen LogP contribution < -0.4 is 5.32 Å². The predicted octanol–water partition coefficient (Wildman–Crippen LogP) is 1.84. The molecule has 1 aromatic heterocycles. The van der Waals surface area contributed by atoms with E-state index in [0.717, 1.165) is 5.56 Å². The highest BCUT2D eigenvalue weighted by atomic mass is 16.3. The number of aliphatic hydroxyl groups excluding tert-OH is 1. The Hall–Kier alpha value is -2.67. The molecule has 1 aliphatic carbocycles. The summed E-state index contributed by atoms with van der Waals surface area (Å²) >= 11 is 0. The van der Waals surface area contributed by atoms with Crippen LogP contribution in [-0.2, 0) is 0 Å². The lowest BCUT2D eigenvalue weighted by atomic mass is 9.80. The van der Waals surface area contributed by atoms with Gasteiger partial charge >= 0.3 is 0 Å². The zero-order valence-electron chi connectivity index (χ0n) is 16.4. The molecule has 5 atom stereocenters. The van der Waals surface area contributed by atoms with Gasteiger partial charge in [-0.3, -0.25) is 14.3 Å². The van der Waals surface area contributed by atoms with E-state index >= 15 is 0 Å². The normalized spacial score (nSPS) is 28.6. The largest absolute Gasteiger partial charge is 0.391 e. The average molecular weight is 382 g/mol. The first-order valence-corrected chi connectivity index (χ1v) is 9.77. The molecule has 4 rings (SSSR count). The van der Waals surface area contributed by atoms with Crippen molar-refractivity contribution in [2.75, 3.05) is 7.05 Å². The molecule has 1 aromatic carbocycles. The number of hydrogen-bond acceptors (Lipinski definition) is 4. The molecule has 0 radical (unpaired) electrons. The highest BCUT2D eigenvalue weighted by Crippen LogP contribution is 2.30. The molecule has 28 heavy (non-hydrogen) atoms. The second-order valence-electron chi connectivity index (χ2n) is 8.04. The van der Waals surface area contributed by atoms with Gasteiger partial charge in [0.25, 0.3) is 11.8 Å². The molecule has 148 valence electrons. The third-order valence-corrected chi connectivity index (χ3v) is 6.15. The summed E-state index contributed by atoms with van der Waals surface area (Å²) in [5, 5.41) is 18.2. The first-order chi connectivity index (χ1) is 13.4. The number of likely N-dealkylation sites (N-methyl/N-ethyl adjacent to an activating group) is 1. The number of hydrogen-bond donors (Lipinski definition) is 2. The number of aliphatic hydroxyl groups is 1. The monoisotopic (exact) mass is 382 g/mol. The van der Waals surface area contributed by atoms with E-state index in [2.05, 4.69) is 10.4 Å². The van der Waals surface area contributed by atoms with E-state index in [1.165, 1.54) is 0 Å². The van der Waals surface area contributed by atoms with Crippen LogP contribution in [0.15, 0.2) is 36.4 Å². The number of carbonyl (C=O) groups excluding carboxylic acids is 2. The van der Waals surface area contributed by atoms with Crippen LogP contribution >= 0.6 is 0 Å². The lowest BCUT2D eigenvalue weighted by molar-refractivity contribution is -0.00864. The van der Waals surface area contributed by atoms with Crippen molar-refractivity contribution >= 4 is 11.8 Å². The van der Waals surface area contributed by atoms with Crippen LogP contribution in [0, 0.1) is 5.92 Å². The summed E-state index contributed by atoms with van der Waals surface area (Å²) in [7, 11) is 1.70. The van der Waals surface area contributed by atoms with Crippen LogP contribution in [0.1, 0.15) is 59.3 Å². The zero-order chi connectivity index (χ0) is 20.0. The van der Waals surface area contributed by atoms with Gasteiger partial charge in [-0.2, -0.15) is 5.10 Å². The Morgan fingerprint density at radius 1 is 1.21 bits per heavy atom. The predicted molar refractivity (Wildman–Crippen MR) is 104 cm³/mol. The van der Waals surface area contributed by atoms with Gasteiger partial charge in [0.1, 0.15) is 5.69 Å². The second-order valence-corrected chi connectivity index (χ2v) is 8.04. The molecule has 2 amide bonds. The third kappa shape index (κ3) is 3.09. The molecule has 0 saturated heterocycles. The van der Waals surface area contributed by atoms with E-state index in [4.69, 9.17) is 0 Å². The van der Waals surface area contributed by atoms with Crippen molar-refractivity contribution in [3.05, 3.63) is 53.3 Å². The standard InChI is InChI=1S/C21H26N4O3/c1-12-9-15-10-17(19(12)26)24(3)21(28)16-11-18(20(27)22-15)25(23-16)13(2)14-7-5-4-6-8-14/h4-8,11-13,15,17,19,26H,9-10H2,1-3H3,(H,22,27)/t12-,13-,15-,17+,19+/m0/s1. The summed E-state index contributed by atoms with van der Waals surface area (Å²) in [4.78, 5) is 27.7. The molecule has 7 nitrogen and oxygen atoms in total. The Balaban J connectivity index is 1.78. The maximum Gasteiger partial charge on any atom is 0.274 e. The van der Waals surface area contributed by atoms with Gasteiger partial charge in [0, 0.05) is 19.2 Å². The molecule has 4 bridgehead atoms. The SMILES string of the molecule is C[C@H]1C[C@H]2C[C@H]([C@@H]1O)N(C)C(=O)c1cc(n([C@@H](C)c3ccccc3)n1)C(=O)N2. The fraction of sp³-hybridized carbons (Fsp3) is 0.476. The van der Waals surface area contributed by atoms with E-state index in [1.54, 1.807) is 22.7 Å². The smallest absolute Gasteiger partial charge is 0.274 e. The van der Waals surface area contributed by atoms with Crippen LogP contribution in [-0.4, -0.2) is 56.8 Å². The minimum atomic E-state index is -0.619. The van der Waals surface area contributed by atoms with Crippen LogP contribution in [0.2, 0.25) is 0 Å². The van der Waals surface area contributed by atoms with E-state index in [9.17, 15) is 14.7 Å². The van der Waals surface area contributed by atoms with Crippen LogP contribution in [0.5, 0.6) is 0 Å². The summed E-state index contributed by atoms with van der Waals surface area (Å²) in [5.74, 6) is -0.510. The molecule has 2 aromatic rings. The highest BCUT2D eigenvalue weighted by Gasteiger charge is 2.41. The maximum absolute atomic E-state index is 13.1. The Bertz CT molecular complexity index is 894. The number of nitrogens with zero attached hydrogens (tertiary/aromatic N) is 3. The minimum Gasteiger partial charge on any atom is -0.391 e. The van der Waals surface area contributed by atoms with E-state index in [0.29, 0.717) is 18.5 Å². The molecule has 2 aliphatic rings. The van der Waals surface area contributed by atoms with Gasteiger partial charge < -0.3 is 15.3 Å². The molecular weight excluding hydrogens is 356 g/mol. The number of rotatable bonds is 2. The summed E-state index contributed by atoms with van der Waals surface area (Å²) in [6, 6.07) is 10.7. The van der Waals surface area contributed by atoms with Gasteiger partial charge in [0.15, 0.2) is 5.69 Å². The topological polar surface area (TPSA) is 87.5 Å². The van der Waals surface area contributed by atoms with Gasteiger partial charge in [-0.1, -0.05) is 37.3 Å². The van der Waals surface area contributed by atoms with Crippen LogP contribution in [0.3, 0.4) is 0 Å². The average Bonchev–Trinajstić information content (AvgIpc) is 3.14. The van der Waals surface area contributed by atoms with Gasteiger partial charge in [-0.15, -0.1) is 0 Å². The molecule has 1 aliphatic heterocycles. The Morgan fingerprint density at radius 2 is 1.93 bits per heavy atom. The van der Waals surface area contributed by atoms with Gasteiger partial charge in [-0.25, -0.2) is 0 Å². The van der Waals surface area contributed by atoms with Crippen molar-refractivity contribution in [1.29, 1.82) is 0 Å². The summed E-state index contributed by atoms with van der Waals surface area (Å²) in [6.07, 6.45) is 0.598. The number of benzene rings is 1. The summed E-state index contributed by atoms with van der Waals surface area (Å²) < 4.78 is 1.63. The fourth-order valence-electron chi connectivity index (χ4n) is 4.43. The second kappa shape index (κ2) is 7.05. The number of aromatic nitrogens is 2. The van der Waals surface area contributed by atoms with Crippen LogP contribution in [0.4, 0.5) is 0 Å². The molecule has 7 heteroatoms. The molecule has 2 heterocycles. The van der Waals surface area contributed by atoms with E-state index < -0.39 is 6.10 Å². The van der Waals surface area contributed by atoms with E-state index in [1.807, 2.05) is 44.2 Å². The van der Waals surface area contributed by atoms with Crippen molar-refractivity contribution < 1.29 is 14.7 Å². The van der Waals surface area contributed by atoms with Gasteiger partial charge in [0.05, 0.1) is 18.2 Å². The number of nitrogens with one attached hydrogen (secondary N) is 1. The van der Waals surface area contributed by atoms with Crippen molar-refractivity contribution in [1.82, 2.24) is 20.0 Å². The molecule has 0 unspecified atom stereocenters. The third-order valence-electron chi connectivity index (χ3n) is 6.15. The Morgan fingerprint density at radius 3 is 2.64 bits per heavy atom. The first kappa shape index (κ1) is 18.7. The number of carbonyl (C=O) groups is 2. The van der Waals surface area contributed by atoms with Gasteiger partial charge in [-0.05, 0) is 31.2 Å². The minimum absolute atomic E-state index is 0.00774. The lowest BCUT2D eigenvalue weighted by Crippen LogP contribution is -2.55.